The number of piperidine rings is 1. The second kappa shape index (κ2) is 14.0. The number of nitrogens with zero attached hydrogens (tertiary/aromatic N) is 3. The molecule has 8 heteroatoms. The number of rotatable bonds is 9. The number of para-hydroxylation sites is 2. The molecule has 0 aromatic heterocycles. The average molecular weight is 546 g/mol. The van der Waals surface area contributed by atoms with Crippen LogP contribution in [0.4, 0.5) is 5.69 Å². The molecule has 2 heterocycles. The van der Waals surface area contributed by atoms with Crippen LogP contribution in [0.1, 0.15) is 26.2 Å². The Balaban J connectivity index is 0.00000341. The summed E-state index contributed by atoms with van der Waals surface area (Å²) in [5, 5.41) is 7.09. The van der Waals surface area contributed by atoms with Gasteiger partial charge in [0.2, 0.25) is 0 Å². The van der Waals surface area contributed by atoms with Gasteiger partial charge in [0.15, 0.2) is 5.96 Å². The zero-order chi connectivity index (χ0) is 21.2. The summed E-state index contributed by atoms with van der Waals surface area (Å²) in [5.41, 5.74) is 1.17. The molecule has 2 aliphatic rings. The molecule has 2 fully saturated rings. The number of nitrogens with one attached hydrogen (secondary N) is 2. The van der Waals surface area contributed by atoms with Gasteiger partial charge in [-0.15, -0.1) is 24.0 Å². The zero-order valence-corrected chi connectivity index (χ0v) is 21.6. The van der Waals surface area contributed by atoms with Crippen molar-refractivity contribution >= 4 is 35.6 Å². The molecule has 1 aromatic rings. The fraction of sp³-hybridized carbons (Fsp3) is 0.696. The van der Waals surface area contributed by atoms with Gasteiger partial charge in [-0.05, 0) is 57.3 Å². The standard InChI is InChI=1S/C23H39N5O2.HI/c1-4-24-23(25-17-19-9-12-27(13-10-19)15-16-29-2)26-20-11-14-28(18-20)21-7-5-6-8-22(21)30-3;/h5-8,19-20H,4,9-18H2,1-3H3,(H2,24,25,26);1H. The summed E-state index contributed by atoms with van der Waals surface area (Å²) in [4.78, 5) is 9.82. The summed E-state index contributed by atoms with van der Waals surface area (Å²) >= 11 is 0. The number of methoxy groups -OCH3 is 2. The molecule has 176 valence electrons. The van der Waals surface area contributed by atoms with E-state index in [0.717, 1.165) is 70.6 Å². The highest BCUT2D eigenvalue weighted by molar-refractivity contribution is 14.0. The molecule has 0 radical (unpaired) electrons. The van der Waals surface area contributed by atoms with Crippen molar-refractivity contribution < 1.29 is 9.47 Å². The second-order valence-electron chi connectivity index (χ2n) is 8.25. The molecule has 0 spiro atoms. The predicted octanol–water partition coefficient (Wildman–Crippen LogP) is 2.81. The van der Waals surface area contributed by atoms with E-state index in [9.17, 15) is 0 Å². The summed E-state index contributed by atoms with van der Waals surface area (Å²) in [6.45, 7) is 10.1. The van der Waals surface area contributed by atoms with Crippen molar-refractivity contribution in [2.45, 2.75) is 32.2 Å². The number of benzene rings is 1. The van der Waals surface area contributed by atoms with Gasteiger partial charge in [-0.25, -0.2) is 0 Å². The third kappa shape index (κ3) is 7.98. The van der Waals surface area contributed by atoms with E-state index in [0.29, 0.717) is 12.0 Å². The highest BCUT2D eigenvalue weighted by Crippen LogP contribution is 2.30. The maximum absolute atomic E-state index is 5.54. The monoisotopic (exact) mass is 545 g/mol. The fourth-order valence-corrected chi connectivity index (χ4v) is 4.33. The summed E-state index contributed by atoms with van der Waals surface area (Å²) < 4.78 is 10.7. The van der Waals surface area contributed by atoms with Crippen molar-refractivity contribution in [1.29, 1.82) is 0 Å². The maximum Gasteiger partial charge on any atom is 0.191 e. The van der Waals surface area contributed by atoms with Crippen molar-refractivity contribution in [3.63, 3.8) is 0 Å². The van der Waals surface area contributed by atoms with Crippen LogP contribution in [0.25, 0.3) is 0 Å². The van der Waals surface area contributed by atoms with Gasteiger partial charge in [-0.1, -0.05) is 12.1 Å². The third-order valence-electron chi connectivity index (χ3n) is 6.13. The molecule has 1 aromatic carbocycles. The van der Waals surface area contributed by atoms with Gasteiger partial charge in [0.1, 0.15) is 5.75 Å². The van der Waals surface area contributed by atoms with Crippen molar-refractivity contribution in [3.05, 3.63) is 24.3 Å². The van der Waals surface area contributed by atoms with E-state index in [-0.39, 0.29) is 24.0 Å². The molecular formula is C23H40IN5O2. The Morgan fingerprint density at radius 1 is 1.13 bits per heavy atom. The van der Waals surface area contributed by atoms with Crippen LogP contribution in [0, 0.1) is 5.92 Å². The summed E-state index contributed by atoms with van der Waals surface area (Å²) in [7, 11) is 3.51. The Kier molecular flexibility index (Phi) is 11.7. The number of halogens is 1. The van der Waals surface area contributed by atoms with Gasteiger partial charge >= 0.3 is 0 Å². The van der Waals surface area contributed by atoms with Crippen molar-refractivity contribution in [2.24, 2.45) is 10.9 Å². The van der Waals surface area contributed by atoms with Crippen molar-refractivity contribution in [2.75, 3.05) is 71.5 Å². The molecule has 1 unspecified atom stereocenters. The van der Waals surface area contributed by atoms with Crippen LogP contribution in [0.15, 0.2) is 29.3 Å². The normalized spacial score (nSPS) is 20.4. The molecule has 3 rings (SSSR count). The molecule has 0 bridgehead atoms. The number of ether oxygens (including phenoxy) is 2. The Bertz CT molecular complexity index is 667. The van der Waals surface area contributed by atoms with Crippen LogP contribution >= 0.6 is 24.0 Å². The minimum absolute atomic E-state index is 0. The van der Waals surface area contributed by atoms with Gasteiger partial charge in [0, 0.05) is 45.9 Å². The third-order valence-corrected chi connectivity index (χ3v) is 6.13. The number of guanidine groups is 1. The average Bonchev–Trinajstić information content (AvgIpc) is 3.25. The minimum atomic E-state index is 0. The number of likely N-dealkylation sites (tertiary alicyclic amines) is 1. The minimum Gasteiger partial charge on any atom is -0.495 e. The maximum atomic E-state index is 5.54. The summed E-state index contributed by atoms with van der Waals surface area (Å²) in [5.74, 6) is 2.56. The van der Waals surface area contributed by atoms with Crippen LogP contribution in [-0.4, -0.2) is 83.5 Å². The highest BCUT2D eigenvalue weighted by Gasteiger charge is 2.25. The molecule has 2 aliphatic heterocycles. The topological polar surface area (TPSA) is 61.4 Å². The first-order chi connectivity index (χ1) is 14.7. The molecule has 2 saturated heterocycles. The number of aliphatic imine (C=N–C) groups is 1. The van der Waals surface area contributed by atoms with Gasteiger partial charge in [0.05, 0.1) is 19.4 Å². The van der Waals surface area contributed by atoms with E-state index in [1.165, 1.54) is 18.5 Å². The van der Waals surface area contributed by atoms with Crippen LogP contribution in [0.2, 0.25) is 0 Å². The lowest BCUT2D eigenvalue weighted by atomic mass is 9.97. The smallest absolute Gasteiger partial charge is 0.191 e. The predicted molar refractivity (Wildman–Crippen MR) is 139 cm³/mol. The lowest BCUT2D eigenvalue weighted by Gasteiger charge is -2.31. The Morgan fingerprint density at radius 2 is 1.90 bits per heavy atom. The zero-order valence-electron chi connectivity index (χ0n) is 19.3. The van der Waals surface area contributed by atoms with Gasteiger partial charge in [-0.3, -0.25) is 4.99 Å². The fourth-order valence-electron chi connectivity index (χ4n) is 4.33. The van der Waals surface area contributed by atoms with Crippen LogP contribution in [0.3, 0.4) is 0 Å². The molecule has 1 atom stereocenters. The van der Waals surface area contributed by atoms with E-state index in [1.54, 1.807) is 14.2 Å². The van der Waals surface area contributed by atoms with E-state index in [2.05, 4.69) is 39.5 Å². The van der Waals surface area contributed by atoms with Crippen molar-refractivity contribution in [1.82, 2.24) is 15.5 Å². The lowest BCUT2D eigenvalue weighted by molar-refractivity contribution is 0.121. The van der Waals surface area contributed by atoms with E-state index < -0.39 is 0 Å². The highest BCUT2D eigenvalue weighted by atomic mass is 127. The Morgan fingerprint density at radius 3 is 2.61 bits per heavy atom. The van der Waals surface area contributed by atoms with Crippen molar-refractivity contribution in [3.8, 4) is 5.75 Å². The SMILES string of the molecule is CCNC(=NCC1CCN(CCOC)CC1)NC1CCN(c2ccccc2OC)C1.I. The molecule has 31 heavy (non-hydrogen) atoms. The molecule has 0 amide bonds. The molecule has 7 nitrogen and oxygen atoms in total. The first kappa shape index (κ1) is 26.0. The number of hydrogen-bond donors (Lipinski definition) is 2. The Labute approximate surface area is 205 Å². The number of hydrogen-bond acceptors (Lipinski definition) is 5. The van der Waals surface area contributed by atoms with E-state index >= 15 is 0 Å². The van der Waals surface area contributed by atoms with Gasteiger partial charge in [-0.2, -0.15) is 0 Å². The van der Waals surface area contributed by atoms with Gasteiger partial charge in [0.25, 0.3) is 0 Å². The lowest BCUT2D eigenvalue weighted by Crippen LogP contribution is -2.45. The molecule has 0 aliphatic carbocycles. The summed E-state index contributed by atoms with van der Waals surface area (Å²) in [6.07, 6.45) is 3.54. The first-order valence-corrected chi connectivity index (χ1v) is 11.4. The molecular weight excluding hydrogens is 505 g/mol. The Hall–Kier alpha value is -1.26. The largest absolute Gasteiger partial charge is 0.495 e. The first-order valence-electron chi connectivity index (χ1n) is 11.4. The number of anilines is 1. The van der Waals surface area contributed by atoms with Crippen LogP contribution in [-0.2, 0) is 4.74 Å². The molecule has 0 saturated carbocycles. The summed E-state index contributed by atoms with van der Waals surface area (Å²) in [6, 6.07) is 8.65. The second-order valence-corrected chi connectivity index (χ2v) is 8.25. The quantitative estimate of drug-likeness (QED) is 0.283. The van der Waals surface area contributed by atoms with Crippen LogP contribution in [0.5, 0.6) is 5.75 Å². The molecule has 2 N–H and O–H groups in total. The van der Waals surface area contributed by atoms with E-state index in [4.69, 9.17) is 14.5 Å². The van der Waals surface area contributed by atoms with Gasteiger partial charge < -0.3 is 29.9 Å². The van der Waals surface area contributed by atoms with E-state index in [1.807, 2.05) is 12.1 Å². The van der Waals surface area contributed by atoms with Crippen LogP contribution < -0.4 is 20.3 Å².